The van der Waals surface area contributed by atoms with Crippen molar-refractivity contribution in [3.8, 4) is 6.07 Å². The molecule has 1 unspecified atom stereocenters. The van der Waals surface area contributed by atoms with E-state index in [4.69, 9.17) is 5.26 Å². The Balaban J connectivity index is 1.76. The number of ketones is 1. The van der Waals surface area contributed by atoms with Gasteiger partial charge >= 0.3 is 0 Å². The van der Waals surface area contributed by atoms with Crippen LogP contribution in [0.25, 0.3) is 16.7 Å². The number of aliphatic hydroxyl groups excluding tert-OH is 1. The minimum Gasteiger partial charge on any atom is -0.507 e. The summed E-state index contributed by atoms with van der Waals surface area (Å²) in [5.74, 6) is -2.83. The van der Waals surface area contributed by atoms with Gasteiger partial charge in [-0.3, -0.25) is 14.5 Å². The second-order valence-electron chi connectivity index (χ2n) is 7.60. The van der Waals surface area contributed by atoms with E-state index in [9.17, 15) is 19.1 Å². The van der Waals surface area contributed by atoms with Crippen molar-refractivity contribution in [2.75, 3.05) is 4.90 Å². The Morgan fingerprint density at radius 1 is 1.00 bits per heavy atom. The molecule has 2 heterocycles. The average molecular weight is 437 g/mol. The molecule has 1 aliphatic rings. The maximum Gasteiger partial charge on any atom is 0.300 e. The van der Waals surface area contributed by atoms with Crippen LogP contribution in [0.3, 0.4) is 0 Å². The molecule has 0 radical (unpaired) electrons. The molecule has 1 fully saturated rings. The van der Waals surface area contributed by atoms with Crippen molar-refractivity contribution in [2.45, 2.75) is 6.04 Å². The number of H-pyrrole nitrogens is 1. The van der Waals surface area contributed by atoms with Crippen LogP contribution in [-0.2, 0) is 9.59 Å². The first-order valence-corrected chi connectivity index (χ1v) is 10.1. The van der Waals surface area contributed by atoms with Crippen LogP contribution in [0.1, 0.15) is 22.7 Å². The molecule has 0 spiro atoms. The summed E-state index contributed by atoms with van der Waals surface area (Å²) < 4.78 is 14.9. The molecule has 2 N–H and O–H groups in total. The third-order valence-corrected chi connectivity index (χ3v) is 5.76. The van der Waals surface area contributed by atoms with Gasteiger partial charge in [0.25, 0.3) is 11.7 Å². The smallest absolute Gasteiger partial charge is 0.300 e. The van der Waals surface area contributed by atoms with Crippen LogP contribution in [0.5, 0.6) is 0 Å². The molecule has 33 heavy (non-hydrogen) atoms. The summed E-state index contributed by atoms with van der Waals surface area (Å²) in [5.41, 5.74) is 1.62. The van der Waals surface area contributed by atoms with E-state index >= 15 is 0 Å². The van der Waals surface area contributed by atoms with E-state index in [1.807, 2.05) is 18.2 Å². The molecule has 1 aliphatic heterocycles. The number of carbonyl (C=O) groups excluding carboxylic acids is 2. The highest BCUT2D eigenvalue weighted by Crippen LogP contribution is 2.43. The van der Waals surface area contributed by atoms with Gasteiger partial charge in [0.15, 0.2) is 0 Å². The van der Waals surface area contributed by atoms with Gasteiger partial charge in [-0.15, -0.1) is 0 Å². The number of para-hydroxylation sites is 1. The van der Waals surface area contributed by atoms with Crippen LogP contribution in [0.15, 0.2) is 84.6 Å². The molecule has 7 heteroatoms. The number of hydrogen-bond donors (Lipinski definition) is 2. The second kappa shape index (κ2) is 7.77. The van der Waals surface area contributed by atoms with E-state index in [1.54, 1.807) is 24.4 Å². The molecule has 0 bridgehead atoms. The van der Waals surface area contributed by atoms with Crippen molar-refractivity contribution in [1.82, 2.24) is 4.98 Å². The molecule has 1 amide bonds. The maximum absolute atomic E-state index is 14.9. The topological polar surface area (TPSA) is 97.2 Å². The molecular formula is C26H16FN3O3. The van der Waals surface area contributed by atoms with Crippen LogP contribution < -0.4 is 4.90 Å². The van der Waals surface area contributed by atoms with Crippen LogP contribution in [0.2, 0.25) is 0 Å². The van der Waals surface area contributed by atoms with Crippen LogP contribution in [0, 0.1) is 17.1 Å². The predicted octanol–water partition coefficient (Wildman–Crippen LogP) is 4.80. The Kier molecular flexibility index (Phi) is 4.76. The second-order valence-corrected chi connectivity index (χ2v) is 7.60. The molecule has 5 rings (SSSR count). The van der Waals surface area contributed by atoms with Crippen LogP contribution in [-0.4, -0.2) is 21.8 Å². The summed E-state index contributed by atoms with van der Waals surface area (Å²) in [4.78, 5) is 30.5. The summed E-state index contributed by atoms with van der Waals surface area (Å²) in [5, 5.41) is 21.0. The molecule has 0 aliphatic carbocycles. The summed E-state index contributed by atoms with van der Waals surface area (Å²) >= 11 is 0. The molecule has 4 aromatic rings. The lowest BCUT2D eigenvalue weighted by molar-refractivity contribution is -0.132. The molecule has 1 saturated heterocycles. The number of halogens is 1. The van der Waals surface area contributed by atoms with Crippen molar-refractivity contribution in [1.29, 1.82) is 5.26 Å². The number of aromatic amines is 1. The van der Waals surface area contributed by atoms with Gasteiger partial charge in [0.2, 0.25) is 0 Å². The average Bonchev–Trinajstić information content (AvgIpc) is 3.38. The highest BCUT2D eigenvalue weighted by atomic mass is 19.1. The molecular weight excluding hydrogens is 421 g/mol. The normalized spacial score (nSPS) is 17.5. The number of anilines is 1. The van der Waals surface area contributed by atoms with Gasteiger partial charge < -0.3 is 10.1 Å². The zero-order valence-electron chi connectivity index (χ0n) is 17.1. The summed E-state index contributed by atoms with van der Waals surface area (Å²) in [6.07, 6.45) is 1.55. The zero-order valence-corrected chi connectivity index (χ0v) is 17.1. The number of carbonyl (C=O) groups is 2. The summed E-state index contributed by atoms with van der Waals surface area (Å²) in [7, 11) is 0. The molecule has 6 nitrogen and oxygen atoms in total. The fourth-order valence-electron chi connectivity index (χ4n) is 4.20. The van der Waals surface area contributed by atoms with Gasteiger partial charge in [0.05, 0.1) is 23.2 Å². The summed E-state index contributed by atoms with van der Waals surface area (Å²) in [6.45, 7) is 0. The SMILES string of the molecule is N#Cc1ccc(N2C(=O)C(=O)/C(=C(/O)c3c[nH]c4ccccc34)C2c2ccccc2F)cc1. The minimum atomic E-state index is -1.19. The standard InChI is InChI=1S/C26H16FN3O3/c27-20-7-3-1-6-18(20)23-22(24(31)19-14-29-21-8-4-2-5-17(19)21)25(32)26(33)30(23)16-11-9-15(13-28)10-12-16/h1-12,14,23,29,31H/b24-22+. The van der Waals surface area contributed by atoms with Crippen LogP contribution in [0.4, 0.5) is 10.1 Å². The highest BCUT2D eigenvalue weighted by Gasteiger charge is 2.48. The Bertz CT molecular complexity index is 1500. The first-order chi connectivity index (χ1) is 16.0. The van der Waals surface area contributed by atoms with E-state index in [2.05, 4.69) is 4.98 Å². The molecule has 1 aromatic heterocycles. The Hall–Kier alpha value is -4.70. The lowest BCUT2D eigenvalue weighted by Gasteiger charge is -2.25. The number of hydrogen-bond acceptors (Lipinski definition) is 4. The molecule has 1 atom stereocenters. The Morgan fingerprint density at radius 3 is 2.42 bits per heavy atom. The number of nitrogens with zero attached hydrogens (tertiary/aromatic N) is 2. The fourth-order valence-corrected chi connectivity index (χ4v) is 4.20. The molecule has 0 saturated carbocycles. The number of fused-ring (bicyclic) bond motifs is 1. The van der Waals surface area contributed by atoms with Gasteiger partial charge in [-0.1, -0.05) is 36.4 Å². The Labute approximate surface area is 187 Å². The molecule has 3 aromatic carbocycles. The third kappa shape index (κ3) is 3.17. The predicted molar refractivity (Wildman–Crippen MR) is 121 cm³/mol. The van der Waals surface area contributed by atoms with Gasteiger partial charge in [-0.2, -0.15) is 5.26 Å². The van der Waals surface area contributed by atoms with Crippen molar-refractivity contribution in [3.63, 3.8) is 0 Å². The van der Waals surface area contributed by atoms with Crippen molar-refractivity contribution in [3.05, 3.63) is 107 Å². The van der Waals surface area contributed by atoms with Gasteiger partial charge in [0, 0.05) is 33.9 Å². The van der Waals surface area contributed by atoms with Gasteiger partial charge in [-0.25, -0.2) is 4.39 Å². The highest BCUT2D eigenvalue weighted by molar-refractivity contribution is 6.51. The largest absolute Gasteiger partial charge is 0.507 e. The monoisotopic (exact) mass is 437 g/mol. The van der Waals surface area contributed by atoms with E-state index in [0.29, 0.717) is 22.2 Å². The van der Waals surface area contributed by atoms with Gasteiger partial charge in [-0.05, 0) is 36.4 Å². The quantitative estimate of drug-likeness (QED) is 0.273. The number of amides is 1. The van der Waals surface area contributed by atoms with E-state index < -0.39 is 29.3 Å². The van der Waals surface area contributed by atoms with E-state index in [-0.39, 0.29) is 11.1 Å². The van der Waals surface area contributed by atoms with Crippen molar-refractivity contribution < 1.29 is 19.1 Å². The van der Waals surface area contributed by atoms with E-state index in [0.717, 1.165) is 10.4 Å². The third-order valence-electron chi connectivity index (χ3n) is 5.76. The summed E-state index contributed by atoms with van der Waals surface area (Å²) in [6, 6.07) is 19.9. The lowest BCUT2D eigenvalue weighted by atomic mass is 9.94. The zero-order chi connectivity index (χ0) is 23.1. The number of rotatable bonds is 3. The molecule has 160 valence electrons. The maximum atomic E-state index is 14.9. The lowest BCUT2D eigenvalue weighted by Crippen LogP contribution is -2.29. The number of nitriles is 1. The van der Waals surface area contributed by atoms with Gasteiger partial charge in [0.1, 0.15) is 11.6 Å². The fraction of sp³-hybridized carbons (Fsp3) is 0.0385. The van der Waals surface area contributed by atoms with Crippen LogP contribution >= 0.6 is 0 Å². The van der Waals surface area contributed by atoms with Crippen molar-refractivity contribution in [2.24, 2.45) is 0 Å². The van der Waals surface area contributed by atoms with E-state index in [1.165, 1.54) is 42.5 Å². The number of Topliss-reactive ketones (excluding diaryl/α,β-unsaturated/α-hetero) is 1. The number of aliphatic hydroxyl groups is 1. The first-order valence-electron chi connectivity index (χ1n) is 10.1. The Morgan fingerprint density at radius 2 is 1.70 bits per heavy atom. The first kappa shape index (κ1) is 20.2. The number of nitrogens with one attached hydrogen (secondary N) is 1. The van der Waals surface area contributed by atoms with Crippen molar-refractivity contribution >= 4 is 34.0 Å². The number of aromatic nitrogens is 1. The minimum absolute atomic E-state index is 0.0717. The number of benzene rings is 3.